The predicted octanol–water partition coefficient (Wildman–Crippen LogP) is 2.86. The highest BCUT2D eigenvalue weighted by atomic mass is 19.1. The SMILES string of the molecule is C/C(=N\OCC(=O)OC(C(=O)NC1CC1)c1ccc(F)cc1)c1ccc2c(c1)OCO2. The van der Waals surface area contributed by atoms with Gasteiger partial charge in [-0.2, -0.15) is 0 Å². The van der Waals surface area contributed by atoms with Crippen LogP contribution < -0.4 is 14.8 Å². The maximum Gasteiger partial charge on any atom is 0.348 e. The van der Waals surface area contributed by atoms with Crippen LogP contribution in [-0.2, 0) is 19.2 Å². The molecule has 1 fully saturated rings. The fourth-order valence-corrected chi connectivity index (χ4v) is 2.94. The molecule has 1 atom stereocenters. The number of fused-ring (bicyclic) bond motifs is 1. The number of nitrogens with zero attached hydrogens (tertiary/aromatic N) is 1. The molecule has 1 aliphatic heterocycles. The number of hydrogen-bond donors (Lipinski definition) is 1. The molecule has 31 heavy (non-hydrogen) atoms. The molecule has 0 bridgehead atoms. The average molecular weight is 428 g/mol. The molecule has 1 N–H and O–H groups in total. The van der Waals surface area contributed by atoms with Gasteiger partial charge in [0.25, 0.3) is 5.91 Å². The van der Waals surface area contributed by atoms with Gasteiger partial charge in [0, 0.05) is 17.2 Å². The Bertz CT molecular complexity index is 1000. The number of benzene rings is 2. The summed E-state index contributed by atoms with van der Waals surface area (Å²) in [6, 6.07) is 10.6. The minimum absolute atomic E-state index is 0.0827. The zero-order valence-electron chi connectivity index (χ0n) is 16.8. The van der Waals surface area contributed by atoms with Crippen LogP contribution in [0, 0.1) is 5.82 Å². The van der Waals surface area contributed by atoms with Gasteiger partial charge in [0.05, 0.1) is 5.71 Å². The molecule has 2 aliphatic rings. The van der Waals surface area contributed by atoms with Crippen LogP contribution in [0.25, 0.3) is 0 Å². The first kappa shape index (κ1) is 20.6. The second-order valence-electron chi connectivity index (χ2n) is 7.22. The van der Waals surface area contributed by atoms with E-state index in [9.17, 15) is 14.0 Å². The Labute approximate surface area is 177 Å². The fourth-order valence-electron chi connectivity index (χ4n) is 2.94. The average Bonchev–Trinajstić information content (AvgIpc) is 3.45. The molecule has 0 aromatic heterocycles. The number of rotatable bonds is 8. The Morgan fingerprint density at radius 3 is 2.65 bits per heavy atom. The van der Waals surface area contributed by atoms with Crippen LogP contribution in [-0.4, -0.2) is 37.0 Å². The Hall–Kier alpha value is -3.62. The molecular formula is C22H21FN2O6. The van der Waals surface area contributed by atoms with Gasteiger partial charge in [0.2, 0.25) is 19.5 Å². The summed E-state index contributed by atoms with van der Waals surface area (Å²) in [4.78, 5) is 29.9. The van der Waals surface area contributed by atoms with Crippen molar-refractivity contribution >= 4 is 17.6 Å². The molecule has 2 aromatic rings. The molecule has 0 radical (unpaired) electrons. The van der Waals surface area contributed by atoms with Gasteiger partial charge in [0.1, 0.15) is 5.82 Å². The Morgan fingerprint density at radius 2 is 1.90 bits per heavy atom. The number of carbonyl (C=O) groups is 2. The predicted molar refractivity (Wildman–Crippen MR) is 107 cm³/mol. The normalized spacial score (nSPS) is 15.9. The molecule has 1 aliphatic carbocycles. The zero-order chi connectivity index (χ0) is 21.8. The summed E-state index contributed by atoms with van der Waals surface area (Å²) < 4.78 is 29.1. The van der Waals surface area contributed by atoms with Crippen molar-refractivity contribution in [2.24, 2.45) is 5.16 Å². The summed E-state index contributed by atoms with van der Waals surface area (Å²) in [7, 11) is 0. The highest BCUT2D eigenvalue weighted by molar-refractivity contribution is 5.99. The van der Waals surface area contributed by atoms with Crippen LogP contribution in [0.3, 0.4) is 0 Å². The highest BCUT2D eigenvalue weighted by Gasteiger charge is 2.31. The van der Waals surface area contributed by atoms with E-state index in [0.29, 0.717) is 22.8 Å². The number of halogens is 1. The number of ether oxygens (including phenoxy) is 3. The Morgan fingerprint density at radius 1 is 1.16 bits per heavy atom. The summed E-state index contributed by atoms with van der Waals surface area (Å²) in [5.41, 5.74) is 1.63. The summed E-state index contributed by atoms with van der Waals surface area (Å²) in [5.74, 6) is -0.425. The number of esters is 1. The van der Waals surface area contributed by atoms with E-state index >= 15 is 0 Å². The minimum Gasteiger partial charge on any atom is -0.454 e. The van der Waals surface area contributed by atoms with E-state index in [4.69, 9.17) is 19.0 Å². The summed E-state index contributed by atoms with van der Waals surface area (Å²) in [6.45, 7) is 1.39. The molecule has 0 saturated heterocycles. The van der Waals surface area contributed by atoms with Gasteiger partial charge >= 0.3 is 5.97 Å². The number of carbonyl (C=O) groups excluding carboxylic acids is 2. The van der Waals surface area contributed by atoms with Crippen LogP contribution in [0.2, 0.25) is 0 Å². The third kappa shape index (κ3) is 5.30. The molecular weight excluding hydrogens is 407 g/mol. The van der Waals surface area contributed by atoms with Gasteiger partial charge in [-0.3, -0.25) is 4.79 Å². The van der Waals surface area contributed by atoms with Gasteiger partial charge in [-0.05, 0) is 50.1 Å². The van der Waals surface area contributed by atoms with E-state index in [1.165, 1.54) is 24.3 Å². The van der Waals surface area contributed by atoms with E-state index in [-0.39, 0.29) is 12.8 Å². The van der Waals surface area contributed by atoms with Crippen LogP contribution in [0.5, 0.6) is 11.5 Å². The van der Waals surface area contributed by atoms with Crippen LogP contribution in [0.1, 0.15) is 37.0 Å². The Balaban J connectivity index is 1.36. The highest BCUT2D eigenvalue weighted by Crippen LogP contribution is 2.32. The summed E-state index contributed by atoms with van der Waals surface area (Å²) in [6.07, 6.45) is 0.566. The maximum absolute atomic E-state index is 13.2. The lowest BCUT2D eigenvalue weighted by atomic mass is 10.1. The lowest BCUT2D eigenvalue weighted by Gasteiger charge is -2.17. The lowest BCUT2D eigenvalue weighted by molar-refractivity contribution is -0.160. The van der Waals surface area contributed by atoms with E-state index in [1.807, 2.05) is 0 Å². The fraction of sp³-hybridized carbons (Fsp3) is 0.318. The van der Waals surface area contributed by atoms with Gasteiger partial charge < -0.3 is 24.4 Å². The molecule has 0 spiro atoms. The first-order valence-electron chi connectivity index (χ1n) is 9.81. The van der Waals surface area contributed by atoms with Gasteiger partial charge in [0.15, 0.2) is 11.5 Å². The van der Waals surface area contributed by atoms with Crippen molar-refractivity contribution in [1.29, 1.82) is 0 Å². The Kier molecular flexibility index (Phi) is 6.01. The van der Waals surface area contributed by atoms with Gasteiger partial charge in [-0.25, -0.2) is 9.18 Å². The number of hydrogen-bond acceptors (Lipinski definition) is 7. The van der Waals surface area contributed by atoms with Crippen LogP contribution >= 0.6 is 0 Å². The van der Waals surface area contributed by atoms with E-state index in [1.54, 1.807) is 25.1 Å². The van der Waals surface area contributed by atoms with Crippen molar-refractivity contribution in [1.82, 2.24) is 5.32 Å². The largest absolute Gasteiger partial charge is 0.454 e. The smallest absolute Gasteiger partial charge is 0.348 e. The standard InChI is InChI=1S/C22H21FN2O6/c1-13(15-4-9-18-19(10-15)29-12-28-18)25-30-11-20(26)31-21(22(27)24-17-7-8-17)14-2-5-16(23)6-3-14/h2-6,9-10,17,21H,7-8,11-12H2,1H3,(H,24,27)/b25-13+. The molecule has 162 valence electrons. The van der Waals surface area contributed by atoms with E-state index in [2.05, 4.69) is 10.5 Å². The van der Waals surface area contributed by atoms with Crippen LogP contribution in [0.4, 0.5) is 4.39 Å². The molecule has 1 saturated carbocycles. The topological polar surface area (TPSA) is 95.5 Å². The number of oxime groups is 1. The molecule has 2 aromatic carbocycles. The molecule has 1 heterocycles. The van der Waals surface area contributed by atoms with Crippen molar-refractivity contribution in [2.75, 3.05) is 13.4 Å². The van der Waals surface area contributed by atoms with Gasteiger partial charge in [-0.1, -0.05) is 17.3 Å². The number of amides is 1. The molecule has 4 rings (SSSR count). The lowest BCUT2D eigenvalue weighted by Crippen LogP contribution is -2.34. The quantitative estimate of drug-likeness (QED) is 0.395. The van der Waals surface area contributed by atoms with Crippen molar-refractivity contribution in [3.05, 3.63) is 59.4 Å². The first-order chi connectivity index (χ1) is 15.0. The van der Waals surface area contributed by atoms with Crippen molar-refractivity contribution in [2.45, 2.75) is 31.9 Å². The number of nitrogens with one attached hydrogen (secondary N) is 1. The minimum atomic E-state index is -1.20. The summed E-state index contributed by atoms with van der Waals surface area (Å²) in [5, 5.41) is 6.71. The second-order valence-corrected chi connectivity index (χ2v) is 7.22. The summed E-state index contributed by atoms with van der Waals surface area (Å²) >= 11 is 0. The van der Waals surface area contributed by atoms with Crippen molar-refractivity contribution < 1.29 is 33.0 Å². The van der Waals surface area contributed by atoms with Crippen molar-refractivity contribution in [3.63, 3.8) is 0 Å². The monoisotopic (exact) mass is 428 g/mol. The second kappa shape index (κ2) is 9.03. The van der Waals surface area contributed by atoms with Crippen molar-refractivity contribution in [3.8, 4) is 11.5 Å². The molecule has 8 nitrogen and oxygen atoms in total. The third-order valence-corrected chi connectivity index (χ3v) is 4.76. The maximum atomic E-state index is 13.2. The molecule has 9 heteroatoms. The van der Waals surface area contributed by atoms with E-state index < -0.39 is 30.4 Å². The molecule has 1 unspecified atom stereocenters. The van der Waals surface area contributed by atoms with E-state index in [0.717, 1.165) is 18.4 Å². The van der Waals surface area contributed by atoms with Gasteiger partial charge in [-0.15, -0.1) is 0 Å². The third-order valence-electron chi connectivity index (χ3n) is 4.76. The zero-order valence-corrected chi connectivity index (χ0v) is 16.8. The van der Waals surface area contributed by atoms with Crippen LogP contribution in [0.15, 0.2) is 47.6 Å². The first-order valence-corrected chi connectivity index (χ1v) is 9.81. The molecule has 1 amide bonds.